The van der Waals surface area contributed by atoms with Gasteiger partial charge in [0.1, 0.15) is 0 Å². The average Bonchev–Trinajstić information content (AvgIpc) is 2.60. The molecule has 2 rings (SSSR count). The Labute approximate surface area is 162 Å². The first-order valence-electron chi connectivity index (χ1n) is 8.97. The van der Waals surface area contributed by atoms with Gasteiger partial charge in [-0.2, -0.15) is 8.61 Å². The zero-order valence-corrected chi connectivity index (χ0v) is 17.7. The quantitative estimate of drug-likeness (QED) is 0.655. The van der Waals surface area contributed by atoms with Crippen LogP contribution >= 0.6 is 0 Å². The first-order valence-corrected chi connectivity index (χ1v) is 12.3. The summed E-state index contributed by atoms with van der Waals surface area (Å²) in [5.74, 6) is 0.150. The van der Waals surface area contributed by atoms with Gasteiger partial charge in [0.15, 0.2) is 0 Å². The monoisotopic (exact) mass is 419 g/mol. The van der Waals surface area contributed by atoms with Crippen LogP contribution in [0.3, 0.4) is 0 Å². The normalized spacial score (nSPS) is 17.0. The van der Waals surface area contributed by atoms with E-state index in [0.29, 0.717) is 32.7 Å². The highest BCUT2D eigenvalue weighted by Gasteiger charge is 2.26. The molecule has 154 valence electrons. The van der Waals surface area contributed by atoms with Gasteiger partial charge >= 0.3 is 0 Å². The third-order valence-electron chi connectivity index (χ3n) is 4.47. The van der Waals surface area contributed by atoms with Crippen LogP contribution in [0.2, 0.25) is 0 Å². The summed E-state index contributed by atoms with van der Waals surface area (Å²) in [6.07, 6.45) is 1.21. The maximum absolute atomic E-state index is 12.8. The molecule has 1 aromatic rings. The third kappa shape index (κ3) is 5.64. The summed E-state index contributed by atoms with van der Waals surface area (Å²) in [6.45, 7) is 5.99. The van der Waals surface area contributed by atoms with Crippen molar-refractivity contribution in [1.82, 2.24) is 8.61 Å². The van der Waals surface area contributed by atoms with Crippen molar-refractivity contribution in [2.45, 2.75) is 18.7 Å². The number of hydrogen-bond acceptors (Lipinski definition) is 6. The number of sulfonamides is 2. The van der Waals surface area contributed by atoms with Crippen LogP contribution in [0, 0.1) is 5.92 Å². The van der Waals surface area contributed by atoms with Crippen molar-refractivity contribution in [3.63, 3.8) is 0 Å². The Bertz CT molecular complexity index is 815. The first kappa shape index (κ1) is 22.1. The Morgan fingerprint density at radius 3 is 2.04 bits per heavy atom. The van der Waals surface area contributed by atoms with Gasteiger partial charge in [0.2, 0.25) is 20.0 Å². The lowest BCUT2D eigenvalue weighted by Crippen LogP contribution is -2.48. The van der Waals surface area contributed by atoms with E-state index in [1.807, 2.05) is 18.7 Å². The minimum Gasteiger partial charge on any atom is -0.395 e. The minimum atomic E-state index is -3.67. The highest BCUT2D eigenvalue weighted by molar-refractivity contribution is 7.89. The molecule has 0 radical (unpaired) electrons. The molecule has 0 saturated carbocycles. The molecule has 0 bridgehead atoms. The van der Waals surface area contributed by atoms with Gasteiger partial charge in [-0.1, -0.05) is 13.8 Å². The van der Waals surface area contributed by atoms with Crippen LogP contribution in [-0.4, -0.2) is 82.7 Å². The number of benzene rings is 1. The Balaban J connectivity index is 2.12. The summed E-state index contributed by atoms with van der Waals surface area (Å²) in [5, 5.41) is 9.19. The number of rotatable bonds is 8. The van der Waals surface area contributed by atoms with E-state index in [1.54, 1.807) is 24.3 Å². The van der Waals surface area contributed by atoms with Crippen molar-refractivity contribution in [2.75, 3.05) is 57.0 Å². The topological polar surface area (TPSA) is 98.2 Å². The van der Waals surface area contributed by atoms with E-state index in [2.05, 4.69) is 0 Å². The lowest BCUT2D eigenvalue weighted by molar-refractivity contribution is 0.244. The van der Waals surface area contributed by atoms with Crippen LogP contribution in [0.4, 0.5) is 5.69 Å². The van der Waals surface area contributed by atoms with Crippen LogP contribution in [0.5, 0.6) is 0 Å². The van der Waals surface area contributed by atoms with Gasteiger partial charge in [0.25, 0.3) is 0 Å². The van der Waals surface area contributed by atoms with Crippen LogP contribution in [-0.2, 0) is 20.0 Å². The molecule has 0 atom stereocenters. The summed E-state index contributed by atoms with van der Waals surface area (Å²) in [7, 11) is -6.85. The number of aliphatic hydroxyl groups excluding tert-OH is 1. The molecule has 0 aromatic heterocycles. The minimum absolute atomic E-state index is 0.0652. The SMILES string of the molecule is CC(C)CN(CCO)S(=O)(=O)c1ccc(N2CCN(S(C)(=O)=O)CC2)cc1. The Morgan fingerprint density at radius 1 is 1.04 bits per heavy atom. The number of aliphatic hydroxyl groups is 1. The maximum Gasteiger partial charge on any atom is 0.243 e. The fraction of sp³-hybridized carbons (Fsp3) is 0.647. The predicted molar refractivity (Wildman–Crippen MR) is 106 cm³/mol. The molecule has 1 N–H and O–H groups in total. The molecular weight excluding hydrogens is 390 g/mol. The summed E-state index contributed by atoms with van der Waals surface area (Å²) < 4.78 is 51.6. The molecule has 1 aliphatic rings. The van der Waals surface area contributed by atoms with Gasteiger partial charge in [0, 0.05) is 45.0 Å². The van der Waals surface area contributed by atoms with Crippen molar-refractivity contribution < 1.29 is 21.9 Å². The Hall–Kier alpha value is -1.20. The number of nitrogens with zero attached hydrogens (tertiary/aromatic N) is 3. The van der Waals surface area contributed by atoms with Gasteiger partial charge in [-0.3, -0.25) is 0 Å². The molecule has 8 nitrogen and oxygen atoms in total. The molecule has 0 aliphatic carbocycles. The predicted octanol–water partition coefficient (Wildman–Crippen LogP) is 0.407. The molecule has 0 spiro atoms. The number of hydrogen-bond donors (Lipinski definition) is 1. The van der Waals surface area contributed by atoms with Crippen molar-refractivity contribution in [1.29, 1.82) is 0 Å². The number of piperazine rings is 1. The Morgan fingerprint density at radius 2 is 1.59 bits per heavy atom. The van der Waals surface area contributed by atoms with Gasteiger partial charge in [-0.05, 0) is 30.2 Å². The van der Waals surface area contributed by atoms with E-state index in [0.717, 1.165) is 5.69 Å². The molecule has 1 aliphatic heterocycles. The van der Waals surface area contributed by atoms with Gasteiger partial charge in [0.05, 0.1) is 17.8 Å². The molecule has 0 amide bonds. The highest BCUT2D eigenvalue weighted by Crippen LogP contribution is 2.23. The van der Waals surface area contributed by atoms with Crippen molar-refractivity contribution in [3.05, 3.63) is 24.3 Å². The third-order valence-corrected chi connectivity index (χ3v) is 7.65. The highest BCUT2D eigenvalue weighted by atomic mass is 32.2. The zero-order chi connectivity index (χ0) is 20.2. The molecule has 0 unspecified atom stereocenters. The summed E-state index contributed by atoms with van der Waals surface area (Å²) >= 11 is 0. The van der Waals surface area contributed by atoms with Crippen LogP contribution in [0.25, 0.3) is 0 Å². The largest absolute Gasteiger partial charge is 0.395 e. The fourth-order valence-electron chi connectivity index (χ4n) is 3.08. The number of anilines is 1. The van der Waals surface area contributed by atoms with Gasteiger partial charge in [-0.15, -0.1) is 0 Å². The van der Waals surface area contributed by atoms with E-state index in [1.165, 1.54) is 14.9 Å². The van der Waals surface area contributed by atoms with E-state index in [-0.39, 0.29) is 24.0 Å². The van der Waals surface area contributed by atoms with Crippen LogP contribution in [0.15, 0.2) is 29.2 Å². The van der Waals surface area contributed by atoms with Crippen LogP contribution in [0.1, 0.15) is 13.8 Å². The smallest absolute Gasteiger partial charge is 0.243 e. The second-order valence-electron chi connectivity index (χ2n) is 7.12. The maximum atomic E-state index is 12.8. The summed E-state index contributed by atoms with van der Waals surface area (Å²) in [5.41, 5.74) is 0.861. The Kier molecular flexibility index (Phi) is 7.26. The first-order chi connectivity index (χ1) is 12.6. The van der Waals surface area contributed by atoms with Crippen molar-refractivity contribution >= 4 is 25.7 Å². The standard InChI is InChI=1S/C17H29N3O5S2/c1-15(2)14-20(12-13-21)27(24,25)17-6-4-16(5-7-17)18-8-10-19(11-9-18)26(3,22)23/h4-7,15,21H,8-14H2,1-3H3. The van der Waals surface area contributed by atoms with E-state index in [9.17, 15) is 21.9 Å². The van der Waals surface area contributed by atoms with Crippen molar-refractivity contribution in [2.24, 2.45) is 5.92 Å². The molecule has 1 aromatic carbocycles. The lowest BCUT2D eigenvalue weighted by atomic mass is 10.2. The van der Waals surface area contributed by atoms with E-state index in [4.69, 9.17) is 0 Å². The second kappa shape index (κ2) is 8.87. The molecular formula is C17H29N3O5S2. The molecule has 10 heteroatoms. The van der Waals surface area contributed by atoms with E-state index >= 15 is 0 Å². The molecule has 1 heterocycles. The molecule has 27 heavy (non-hydrogen) atoms. The van der Waals surface area contributed by atoms with Crippen LogP contribution < -0.4 is 4.90 Å². The van der Waals surface area contributed by atoms with E-state index < -0.39 is 20.0 Å². The zero-order valence-electron chi connectivity index (χ0n) is 16.1. The second-order valence-corrected chi connectivity index (χ2v) is 11.0. The summed E-state index contributed by atoms with van der Waals surface area (Å²) in [6, 6.07) is 6.63. The molecule has 1 saturated heterocycles. The average molecular weight is 420 g/mol. The summed E-state index contributed by atoms with van der Waals surface area (Å²) in [4.78, 5) is 2.23. The lowest BCUT2D eigenvalue weighted by Gasteiger charge is -2.34. The fourth-order valence-corrected chi connectivity index (χ4v) is 5.51. The molecule has 1 fully saturated rings. The van der Waals surface area contributed by atoms with Gasteiger partial charge in [-0.25, -0.2) is 16.8 Å². The van der Waals surface area contributed by atoms with Crippen molar-refractivity contribution in [3.8, 4) is 0 Å². The van der Waals surface area contributed by atoms with Gasteiger partial charge < -0.3 is 10.0 Å².